The number of benzene rings is 1. The summed E-state index contributed by atoms with van der Waals surface area (Å²) < 4.78 is 26.5. The number of hydrogen-bond donors (Lipinski definition) is 1. The van der Waals surface area contributed by atoms with Gasteiger partial charge in [-0.25, -0.2) is 13.6 Å². The van der Waals surface area contributed by atoms with Gasteiger partial charge < -0.3 is 10.0 Å². The Kier molecular flexibility index (Phi) is 3.74. The van der Waals surface area contributed by atoms with Crippen LogP contribution in [0.4, 0.5) is 8.78 Å². The number of carboxylic acids is 1. The predicted octanol–water partition coefficient (Wildman–Crippen LogP) is 2.64. The van der Waals surface area contributed by atoms with Crippen LogP contribution in [0.2, 0.25) is 0 Å². The smallest absolute Gasteiger partial charge is 0.335 e. The first-order chi connectivity index (χ1) is 9.30. The number of aromatic carboxylic acids is 1. The fourth-order valence-electron chi connectivity index (χ4n) is 2.37. The van der Waals surface area contributed by atoms with Crippen LogP contribution in [0.5, 0.6) is 0 Å². The third-order valence-corrected chi connectivity index (χ3v) is 3.48. The van der Waals surface area contributed by atoms with Gasteiger partial charge in [0, 0.05) is 31.0 Å². The Balaban J connectivity index is 2.13. The van der Waals surface area contributed by atoms with E-state index in [1.54, 1.807) is 6.92 Å². The van der Waals surface area contributed by atoms with Gasteiger partial charge in [0.05, 0.1) is 5.56 Å². The molecule has 2 rings (SSSR count). The minimum Gasteiger partial charge on any atom is -0.478 e. The highest BCUT2D eigenvalue weighted by Gasteiger charge is 2.40. The summed E-state index contributed by atoms with van der Waals surface area (Å²) in [7, 11) is 0. The lowest BCUT2D eigenvalue weighted by molar-refractivity contribution is -0.0664. The van der Waals surface area contributed by atoms with Crippen molar-refractivity contribution >= 4 is 11.9 Å². The second kappa shape index (κ2) is 5.19. The molecule has 1 aliphatic rings. The number of carbonyl (C=O) groups is 2. The number of amides is 1. The summed E-state index contributed by atoms with van der Waals surface area (Å²) in [5.74, 6) is -4.14. The van der Waals surface area contributed by atoms with Gasteiger partial charge in [0.25, 0.3) is 11.8 Å². The van der Waals surface area contributed by atoms with Gasteiger partial charge in [-0.3, -0.25) is 4.79 Å². The van der Waals surface area contributed by atoms with E-state index in [2.05, 4.69) is 0 Å². The predicted molar refractivity (Wildman–Crippen MR) is 68.1 cm³/mol. The maximum Gasteiger partial charge on any atom is 0.335 e. The number of carbonyl (C=O) groups excluding carboxylic acids is 1. The maximum absolute atomic E-state index is 13.2. The van der Waals surface area contributed by atoms with Crippen molar-refractivity contribution in [3.05, 3.63) is 35.4 Å². The van der Waals surface area contributed by atoms with Crippen molar-refractivity contribution in [1.29, 1.82) is 0 Å². The number of rotatable bonds is 2. The summed E-state index contributed by atoms with van der Waals surface area (Å²) in [5.41, 5.74) is 0.395. The van der Waals surface area contributed by atoms with Crippen LogP contribution in [0, 0.1) is 0 Å². The van der Waals surface area contributed by atoms with Crippen molar-refractivity contribution < 1.29 is 23.5 Å². The first kappa shape index (κ1) is 14.4. The summed E-state index contributed by atoms with van der Waals surface area (Å²) in [5, 5.41) is 8.78. The molecule has 1 aliphatic heterocycles. The van der Waals surface area contributed by atoms with Crippen molar-refractivity contribution in [3.63, 3.8) is 0 Å². The molecule has 108 valence electrons. The molecule has 1 N–H and O–H groups in total. The summed E-state index contributed by atoms with van der Waals surface area (Å²) in [6, 6.07) is 4.94. The average Bonchev–Trinajstić information content (AvgIpc) is 2.37. The topological polar surface area (TPSA) is 57.6 Å². The molecule has 0 saturated carbocycles. The minimum atomic E-state index is -2.72. The van der Waals surface area contributed by atoms with E-state index >= 15 is 0 Å². The largest absolute Gasteiger partial charge is 0.478 e. The van der Waals surface area contributed by atoms with Crippen LogP contribution >= 0.6 is 0 Å². The van der Waals surface area contributed by atoms with Crippen LogP contribution in [0.15, 0.2) is 24.3 Å². The average molecular weight is 283 g/mol. The molecule has 0 aromatic heterocycles. The molecule has 0 bridgehead atoms. The van der Waals surface area contributed by atoms with E-state index in [-0.39, 0.29) is 30.9 Å². The number of carboxylic acid groups (broad SMARTS) is 1. The number of likely N-dealkylation sites (tertiary alicyclic amines) is 1. The van der Waals surface area contributed by atoms with E-state index in [4.69, 9.17) is 5.11 Å². The lowest BCUT2D eigenvalue weighted by atomic mass is 9.98. The van der Waals surface area contributed by atoms with Crippen molar-refractivity contribution in [2.75, 3.05) is 6.54 Å². The SMILES string of the molecule is CC1CC(F)(F)CCN1C(=O)c1ccc(C(=O)O)cc1. The second-order valence-corrected chi connectivity index (χ2v) is 5.04. The standard InChI is InChI=1S/C14H15F2NO3/c1-9-8-14(15,16)6-7-17(9)12(18)10-2-4-11(5-3-10)13(19)20/h2-5,9H,6-8H2,1H3,(H,19,20). The molecule has 1 atom stereocenters. The highest BCUT2D eigenvalue weighted by Crippen LogP contribution is 2.32. The van der Waals surface area contributed by atoms with Gasteiger partial charge in [-0.05, 0) is 31.2 Å². The van der Waals surface area contributed by atoms with Crippen LogP contribution in [0.3, 0.4) is 0 Å². The molecule has 1 amide bonds. The lowest BCUT2D eigenvalue weighted by Gasteiger charge is -2.37. The Hall–Kier alpha value is -1.98. The summed E-state index contributed by atoms with van der Waals surface area (Å²) in [6.07, 6.45) is -0.678. The molecule has 20 heavy (non-hydrogen) atoms. The Labute approximate surface area is 115 Å². The van der Waals surface area contributed by atoms with E-state index in [0.29, 0.717) is 5.56 Å². The fraction of sp³-hybridized carbons (Fsp3) is 0.429. The van der Waals surface area contributed by atoms with Crippen molar-refractivity contribution in [2.24, 2.45) is 0 Å². The van der Waals surface area contributed by atoms with Crippen LogP contribution in [-0.2, 0) is 0 Å². The fourth-order valence-corrected chi connectivity index (χ4v) is 2.37. The Bertz CT molecular complexity index is 528. The monoisotopic (exact) mass is 283 g/mol. The van der Waals surface area contributed by atoms with Crippen LogP contribution in [-0.4, -0.2) is 40.4 Å². The highest BCUT2D eigenvalue weighted by molar-refractivity contribution is 5.96. The van der Waals surface area contributed by atoms with Crippen LogP contribution in [0.1, 0.15) is 40.5 Å². The summed E-state index contributed by atoms with van der Waals surface area (Å²) in [4.78, 5) is 24.4. The van der Waals surface area contributed by atoms with E-state index in [0.717, 1.165) is 0 Å². The molecule has 4 nitrogen and oxygen atoms in total. The Morgan fingerprint density at radius 3 is 2.30 bits per heavy atom. The van der Waals surface area contributed by atoms with Gasteiger partial charge >= 0.3 is 5.97 Å². The molecule has 0 spiro atoms. The first-order valence-corrected chi connectivity index (χ1v) is 6.32. The van der Waals surface area contributed by atoms with E-state index in [1.807, 2.05) is 0 Å². The number of piperidine rings is 1. The zero-order valence-electron chi connectivity index (χ0n) is 11.0. The van der Waals surface area contributed by atoms with Crippen molar-refractivity contribution in [2.45, 2.75) is 31.7 Å². The van der Waals surface area contributed by atoms with Gasteiger partial charge in [0.1, 0.15) is 0 Å². The zero-order chi connectivity index (χ0) is 14.9. The molecule has 0 aliphatic carbocycles. The molecule has 1 unspecified atom stereocenters. The van der Waals surface area contributed by atoms with Gasteiger partial charge in [0.2, 0.25) is 0 Å². The Morgan fingerprint density at radius 1 is 1.25 bits per heavy atom. The Morgan fingerprint density at radius 2 is 1.80 bits per heavy atom. The number of hydrogen-bond acceptors (Lipinski definition) is 2. The minimum absolute atomic E-state index is 0.00762. The molecule has 1 heterocycles. The second-order valence-electron chi connectivity index (χ2n) is 5.04. The van der Waals surface area contributed by atoms with Crippen LogP contribution < -0.4 is 0 Å². The molecule has 1 aromatic carbocycles. The summed E-state index contributed by atoms with van der Waals surface area (Å²) in [6.45, 7) is 1.60. The number of nitrogens with zero attached hydrogens (tertiary/aromatic N) is 1. The molecule has 0 radical (unpaired) electrons. The normalized spacial score (nSPS) is 21.6. The van der Waals surface area contributed by atoms with Gasteiger partial charge in [-0.2, -0.15) is 0 Å². The van der Waals surface area contributed by atoms with E-state index in [1.165, 1.54) is 29.2 Å². The molecule has 1 fully saturated rings. The lowest BCUT2D eigenvalue weighted by Crippen LogP contribution is -2.48. The third-order valence-electron chi connectivity index (χ3n) is 3.48. The molecule has 1 saturated heterocycles. The van der Waals surface area contributed by atoms with Crippen molar-refractivity contribution in [3.8, 4) is 0 Å². The molecule has 6 heteroatoms. The number of alkyl halides is 2. The third kappa shape index (κ3) is 2.95. The summed E-state index contributed by atoms with van der Waals surface area (Å²) >= 11 is 0. The highest BCUT2D eigenvalue weighted by atomic mass is 19.3. The van der Waals surface area contributed by atoms with Gasteiger partial charge in [-0.1, -0.05) is 0 Å². The quantitative estimate of drug-likeness (QED) is 0.907. The first-order valence-electron chi connectivity index (χ1n) is 6.32. The van der Waals surface area contributed by atoms with Crippen molar-refractivity contribution in [1.82, 2.24) is 4.90 Å². The van der Waals surface area contributed by atoms with E-state index < -0.39 is 17.9 Å². The van der Waals surface area contributed by atoms with Gasteiger partial charge in [-0.15, -0.1) is 0 Å². The zero-order valence-corrected chi connectivity index (χ0v) is 11.0. The van der Waals surface area contributed by atoms with Crippen LogP contribution in [0.25, 0.3) is 0 Å². The maximum atomic E-state index is 13.2. The number of halogens is 2. The molecular formula is C14H15F2NO3. The van der Waals surface area contributed by atoms with Gasteiger partial charge in [0.15, 0.2) is 0 Å². The molecular weight excluding hydrogens is 268 g/mol. The molecule has 1 aromatic rings. The van der Waals surface area contributed by atoms with E-state index in [9.17, 15) is 18.4 Å².